The minimum absolute atomic E-state index is 0.0866. The average molecular weight is 234 g/mol. The number of hydrogen-bond acceptors (Lipinski definition) is 3. The van der Waals surface area contributed by atoms with Gasteiger partial charge in [-0.2, -0.15) is 0 Å². The van der Waals surface area contributed by atoms with Crippen LogP contribution < -0.4 is 10.5 Å². The van der Waals surface area contributed by atoms with E-state index in [1.165, 1.54) is 0 Å². The topological polar surface area (TPSA) is 55.6 Å². The lowest BCUT2D eigenvalue weighted by molar-refractivity contribution is -0.132. The molecule has 0 aliphatic carbocycles. The summed E-state index contributed by atoms with van der Waals surface area (Å²) < 4.78 is 5.55. The van der Waals surface area contributed by atoms with Crippen molar-refractivity contribution in [2.45, 2.75) is 12.3 Å². The molecule has 0 saturated heterocycles. The Hall–Kier alpha value is -1.55. The van der Waals surface area contributed by atoms with Gasteiger partial charge < -0.3 is 15.4 Å². The number of carbonyl (C=O) groups is 1. The number of likely N-dealkylation sites (N-methyl/N-ethyl adjacent to an activating group) is 1. The van der Waals surface area contributed by atoms with Crippen LogP contribution in [0.3, 0.4) is 0 Å². The van der Waals surface area contributed by atoms with E-state index in [1.807, 2.05) is 24.3 Å². The standard InChI is InChI=1S/C13H18N2O2/c1-15(8-7-14)13(16)11-6-9-17-12-5-3-2-4-10(11)12/h2-5,11H,6-9,14H2,1H3. The van der Waals surface area contributed by atoms with E-state index in [1.54, 1.807) is 11.9 Å². The summed E-state index contributed by atoms with van der Waals surface area (Å²) >= 11 is 0. The van der Waals surface area contributed by atoms with E-state index < -0.39 is 0 Å². The quantitative estimate of drug-likeness (QED) is 0.848. The van der Waals surface area contributed by atoms with Crippen LogP contribution in [0.2, 0.25) is 0 Å². The van der Waals surface area contributed by atoms with Crippen molar-refractivity contribution in [3.8, 4) is 5.75 Å². The minimum atomic E-state index is -0.0866. The van der Waals surface area contributed by atoms with Crippen molar-refractivity contribution < 1.29 is 9.53 Å². The van der Waals surface area contributed by atoms with Crippen LogP contribution in [0.15, 0.2) is 24.3 Å². The van der Waals surface area contributed by atoms with Gasteiger partial charge >= 0.3 is 0 Å². The number of amides is 1. The highest BCUT2D eigenvalue weighted by Crippen LogP contribution is 2.34. The molecule has 0 radical (unpaired) electrons. The van der Waals surface area contributed by atoms with E-state index in [0.29, 0.717) is 19.7 Å². The highest BCUT2D eigenvalue weighted by molar-refractivity contribution is 5.84. The zero-order valence-corrected chi connectivity index (χ0v) is 10.1. The molecule has 1 aromatic carbocycles. The van der Waals surface area contributed by atoms with Crippen LogP contribution in [0.25, 0.3) is 0 Å². The highest BCUT2D eigenvalue weighted by atomic mass is 16.5. The lowest BCUT2D eigenvalue weighted by atomic mass is 9.92. The van der Waals surface area contributed by atoms with Crippen molar-refractivity contribution in [3.63, 3.8) is 0 Å². The maximum Gasteiger partial charge on any atom is 0.230 e. The maximum atomic E-state index is 12.3. The third-order valence-corrected chi connectivity index (χ3v) is 3.10. The summed E-state index contributed by atoms with van der Waals surface area (Å²) in [6, 6.07) is 7.75. The number of hydrogen-bond donors (Lipinski definition) is 1. The van der Waals surface area contributed by atoms with Crippen LogP contribution in [-0.4, -0.2) is 37.6 Å². The number of carbonyl (C=O) groups excluding carboxylic acids is 1. The second-order valence-corrected chi connectivity index (χ2v) is 4.28. The summed E-state index contributed by atoms with van der Waals surface area (Å²) in [7, 11) is 1.80. The van der Waals surface area contributed by atoms with Gasteiger partial charge in [-0.25, -0.2) is 0 Å². The second kappa shape index (κ2) is 5.19. The first-order valence-corrected chi connectivity index (χ1v) is 5.91. The molecular weight excluding hydrogens is 216 g/mol. The van der Waals surface area contributed by atoms with Gasteiger partial charge in [0.1, 0.15) is 5.75 Å². The molecule has 2 rings (SSSR count). The molecule has 17 heavy (non-hydrogen) atoms. The highest BCUT2D eigenvalue weighted by Gasteiger charge is 2.29. The van der Waals surface area contributed by atoms with Gasteiger partial charge in [0, 0.05) is 25.7 Å². The van der Waals surface area contributed by atoms with Gasteiger partial charge in [0.25, 0.3) is 0 Å². The number of benzene rings is 1. The summed E-state index contributed by atoms with van der Waals surface area (Å²) in [5, 5.41) is 0. The van der Waals surface area contributed by atoms with Crippen molar-refractivity contribution in [1.29, 1.82) is 0 Å². The van der Waals surface area contributed by atoms with E-state index >= 15 is 0 Å². The van der Waals surface area contributed by atoms with Gasteiger partial charge in [-0.1, -0.05) is 18.2 Å². The third kappa shape index (κ3) is 2.42. The zero-order chi connectivity index (χ0) is 12.3. The smallest absolute Gasteiger partial charge is 0.230 e. The van der Waals surface area contributed by atoms with Crippen LogP contribution in [0.1, 0.15) is 17.9 Å². The first-order chi connectivity index (χ1) is 8.24. The van der Waals surface area contributed by atoms with Gasteiger partial charge in [-0.3, -0.25) is 4.79 Å². The van der Waals surface area contributed by atoms with Gasteiger partial charge in [-0.05, 0) is 12.5 Å². The van der Waals surface area contributed by atoms with Crippen LogP contribution in [0, 0.1) is 0 Å². The fraction of sp³-hybridized carbons (Fsp3) is 0.462. The van der Waals surface area contributed by atoms with E-state index in [2.05, 4.69) is 0 Å². The van der Waals surface area contributed by atoms with Gasteiger partial charge in [0.2, 0.25) is 5.91 Å². The predicted molar refractivity (Wildman–Crippen MR) is 66.0 cm³/mol. The Kier molecular flexibility index (Phi) is 3.64. The van der Waals surface area contributed by atoms with Gasteiger partial charge in [0.15, 0.2) is 0 Å². The molecule has 0 spiro atoms. The number of ether oxygens (including phenoxy) is 1. The number of nitrogens with zero attached hydrogens (tertiary/aromatic N) is 1. The lowest BCUT2D eigenvalue weighted by Gasteiger charge is -2.28. The van der Waals surface area contributed by atoms with Crippen molar-refractivity contribution >= 4 is 5.91 Å². The molecule has 0 fully saturated rings. The summed E-state index contributed by atoms with van der Waals surface area (Å²) in [5.41, 5.74) is 6.47. The molecule has 92 valence electrons. The van der Waals surface area contributed by atoms with Crippen molar-refractivity contribution in [2.75, 3.05) is 26.7 Å². The Morgan fingerprint density at radius 2 is 2.29 bits per heavy atom. The Labute approximate surface area is 101 Å². The molecule has 1 aliphatic rings. The fourth-order valence-electron chi connectivity index (χ4n) is 2.17. The van der Waals surface area contributed by atoms with Crippen LogP contribution in [0.4, 0.5) is 0 Å². The zero-order valence-electron chi connectivity index (χ0n) is 10.1. The normalized spacial score (nSPS) is 18.1. The van der Waals surface area contributed by atoms with Crippen LogP contribution >= 0.6 is 0 Å². The van der Waals surface area contributed by atoms with Crippen molar-refractivity contribution in [2.24, 2.45) is 5.73 Å². The third-order valence-electron chi connectivity index (χ3n) is 3.10. The average Bonchev–Trinajstić information content (AvgIpc) is 2.37. The molecule has 1 aliphatic heterocycles. The van der Waals surface area contributed by atoms with Gasteiger partial charge in [-0.15, -0.1) is 0 Å². The van der Waals surface area contributed by atoms with Crippen molar-refractivity contribution in [3.05, 3.63) is 29.8 Å². The molecule has 4 heteroatoms. The molecule has 1 atom stereocenters. The van der Waals surface area contributed by atoms with Crippen molar-refractivity contribution in [1.82, 2.24) is 4.90 Å². The fourth-order valence-corrected chi connectivity index (χ4v) is 2.17. The van der Waals surface area contributed by atoms with Crippen LogP contribution in [-0.2, 0) is 4.79 Å². The second-order valence-electron chi connectivity index (χ2n) is 4.28. The summed E-state index contributed by atoms with van der Waals surface area (Å²) in [6.45, 7) is 1.69. The molecule has 0 saturated carbocycles. The Morgan fingerprint density at radius 1 is 1.53 bits per heavy atom. The molecule has 0 aromatic heterocycles. The largest absolute Gasteiger partial charge is 0.493 e. The lowest BCUT2D eigenvalue weighted by Crippen LogP contribution is -2.37. The first kappa shape index (κ1) is 11.9. The molecule has 2 N–H and O–H groups in total. The van der Waals surface area contributed by atoms with E-state index in [0.717, 1.165) is 17.7 Å². The Balaban J connectivity index is 2.20. The predicted octanol–water partition coefficient (Wildman–Crippen LogP) is 0.970. The molecule has 1 amide bonds. The molecule has 1 aromatic rings. The SMILES string of the molecule is CN(CCN)C(=O)C1CCOc2ccccc21. The maximum absolute atomic E-state index is 12.3. The summed E-state index contributed by atoms with van der Waals surface area (Å²) in [4.78, 5) is 14.0. The minimum Gasteiger partial charge on any atom is -0.493 e. The number of para-hydroxylation sites is 1. The van der Waals surface area contributed by atoms with Crippen LogP contribution in [0.5, 0.6) is 5.75 Å². The van der Waals surface area contributed by atoms with E-state index in [9.17, 15) is 4.79 Å². The number of rotatable bonds is 3. The number of fused-ring (bicyclic) bond motifs is 1. The van der Waals surface area contributed by atoms with E-state index in [4.69, 9.17) is 10.5 Å². The molecule has 4 nitrogen and oxygen atoms in total. The molecule has 1 unspecified atom stereocenters. The van der Waals surface area contributed by atoms with Gasteiger partial charge in [0.05, 0.1) is 12.5 Å². The monoisotopic (exact) mass is 234 g/mol. The number of nitrogens with two attached hydrogens (primary N) is 1. The summed E-state index contributed by atoms with van der Waals surface area (Å²) in [6.07, 6.45) is 0.741. The Bertz CT molecular complexity index is 406. The molecule has 1 heterocycles. The molecule has 0 bridgehead atoms. The molecular formula is C13H18N2O2. The van der Waals surface area contributed by atoms with E-state index in [-0.39, 0.29) is 11.8 Å². The Morgan fingerprint density at radius 3 is 3.06 bits per heavy atom. The first-order valence-electron chi connectivity index (χ1n) is 5.91. The summed E-state index contributed by atoms with van der Waals surface area (Å²) in [5.74, 6) is 0.876.